The SMILES string of the molecule is Cc1ccc(F)c(NS(=O)(=O)c2ccccc2F)c1F. The number of hydrogen-bond acceptors (Lipinski definition) is 2. The van der Waals surface area contributed by atoms with E-state index in [1.165, 1.54) is 25.1 Å². The molecule has 0 heterocycles. The molecule has 0 aliphatic heterocycles. The van der Waals surface area contributed by atoms with Crippen molar-refractivity contribution in [3.63, 3.8) is 0 Å². The summed E-state index contributed by atoms with van der Waals surface area (Å²) in [5.74, 6) is -3.12. The molecule has 0 aliphatic carbocycles. The van der Waals surface area contributed by atoms with Crippen molar-refractivity contribution in [2.45, 2.75) is 11.8 Å². The molecule has 106 valence electrons. The van der Waals surface area contributed by atoms with Crippen LogP contribution in [0, 0.1) is 24.4 Å². The van der Waals surface area contributed by atoms with Crippen molar-refractivity contribution in [3.05, 3.63) is 59.4 Å². The first-order chi connectivity index (χ1) is 9.33. The van der Waals surface area contributed by atoms with Crippen LogP contribution in [0.2, 0.25) is 0 Å². The first-order valence-electron chi connectivity index (χ1n) is 5.55. The number of benzene rings is 2. The second-order valence-electron chi connectivity index (χ2n) is 4.09. The molecule has 2 aromatic carbocycles. The highest BCUT2D eigenvalue weighted by Crippen LogP contribution is 2.25. The maximum absolute atomic E-state index is 13.7. The first kappa shape index (κ1) is 14.4. The predicted octanol–water partition coefficient (Wildman–Crippen LogP) is 3.21. The van der Waals surface area contributed by atoms with Crippen LogP contribution in [0.25, 0.3) is 0 Å². The summed E-state index contributed by atoms with van der Waals surface area (Å²) in [6.07, 6.45) is 0. The molecule has 1 N–H and O–H groups in total. The molecule has 0 atom stereocenters. The van der Waals surface area contributed by atoms with Gasteiger partial charge in [0.25, 0.3) is 10.0 Å². The van der Waals surface area contributed by atoms with Crippen LogP contribution in [0.4, 0.5) is 18.9 Å². The standard InChI is InChI=1S/C13H10F3NO2S/c1-8-6-7-10(15)13(12(8)16)17-20(18,19)11-5-3-2-4-9(11)14/h2-7,17H,1H3. The molecule has 3 nitrogen and oxygen atoms in total. The van der Waals surface area contributed by atoms with E-state index in [1.807, 2.05) is 0 Å². The van der Waals surface area contributed by atoms with Crippen molar-refractivity contribution < 1.29 is 21.6 Å². The van der Waals surface area contributed by atoms with Crippen molar-refractivity contribution in [2.75, 3.05) is 4.72 Å². The second kappa shape index (κ2) is 5.16. The molecule has 0 radical (unpaired) electrons. The number of nitrogens with one attached hydrogen (secondary N) is 1. The molecule has 0 amide bonds. The second-order valence-corrected chi connectivity index (χ2v) is 5.74. The van der Waals surface area contributed by atoms with Gasteiger partial charge in [-0.25, -0.2) is 21.6 Å². The molecule has 0 bridgehead atoms. The fraction of sp³-hybridized carbons (Fsp3) is 0.0769. The van der Waals surface area contributed by atoms with Crippen molar-refractivity contribution in [1.82, 2.24) is 0 Å². The zero-order valence-corrected chi connectivity index (χ0v) is 11.1. The minimum Gasteiger partial charge on any atom is -0.274 e. The smallest absolute Gasteiger partial charge is 0.264 e. The Morgan fingerprint density at radius 3 is 2.25 bits per heavy atom. The van der Waals surface area contributed by atoms with E-state index in [2.05, 4.69) is 0 Å². The molecule has 7 heteroatoms. The van der Waals surface area contributed by atoms with E-state index < -0.39 is 38.1 Å². The monoisotopic (exact) mass is 301 g/mol. The summed E-state index contributed by atoms with van der Waals surface area (Å²) in [7, 11) is -4.41. The summed E-state index contributed by atoms with van der Waals surface area (Å²) < 4.78 is 66.4. The van der Waals surface area contributed by atoms with Gasteiger partial charge in [-0.3, -0.25) is 4.72 Å². The molecule has 0 unspecified atom stereocenters. The molecule has 2 aromatic rings. The fourth-order valence-corrected chi connectivity index (χ4v) is 2.75. The highest BCUT2D eigenvalue weighted by molar-refractivity contribution is 7.92. The Bertz CT molecular complexity index is 760. The Kier molecular flexibility index (Phi) is 3.71. The van der Waals surface area contributed by atoms with Crippen LogP contribution >= 0.6 is 0 Å². The fourth-order valence-electron chi connectivity index (χ4n) is 1.60. The molecular formula is C13H10F3NO2S. The van der Waals surface area contributed by atoms with E-state index in [0.29, 0.717) is 0 Å². The summed E-state index contributed by atoms with van der Waals surface area (Å²) >= 11 is 0. The Morgan fingerprint density at radius 1 is 0.950 bits per heavy atom. The Morgan fingerprint density at radius 2 is 1.60 bits per heavy atom. The van der Waals surface area contributed by atoms with Gasteiger partial charge in [0.15, 0.2) is 5.82 Å². The lowest BCUT2D eigenvalue weighted by molar-refractivity contribution is 0.565. The molecule has 2 rings (SSSR count). The average Bonchev–Trinajstić information content (AvgIpc) is 2.39. The van der Waals surface area contributed by atoms with E-state index in [0.717, 1.165) is 18.2 Å². The summed E-state index contributed by atoms with van der Waals surface area (Å²) in [5, 5.41) is 0. The highest BCUT2D eigenvalue weighted by Gasteiger charge is 2.22. The van der Waals surface area contributed by atoms with Gasteiger partial charge in [0.2, 0.25) is 0 Å². The number of anilines is 1. The molecule has 0 saturated heterocycles. The number of aryl methyl sites for hydroxylation is 1. The predicted molar refractivity (Wildman–Crippen MR) is 68.3 cm³/mol. The normalized spacial score (nSPS) is 11.4. The van der Waals surface area contributed by atoms with Crippen molar-refractivity contribution in [1.29, 1.82) is 0 Å². The van der Waals surface area contributed by atoms with Crippen LogP contribution in [-0.2, 0) is 10.0 Å². The van der Waals surface area contributed by atoms with Gasteiger partial charge in [-0.2, -0.15) is 0 Å². The minimum absolute atomic E-state index is 0.0673. The van der Waals surface area contributed by atoms with Crippen molar-refractivity contribution in [2.24, 2.45) is 0 Å². The summed E-state index contributed by atoms with van der Waals surface area (Å²) in [6, 6.07) is 6.66. The molecule has 0 fully saturated rings. The van der Waals surface area contributed by atoms with Crippen molar-refractivity contribution in [3.8, 4) is 0 Å². The van der Waals surface area contributed by atoms with Crippen LogP contribution in [0.1, 0.15) is 5.56 Å². The van der Waals surface area contributed by atoms with Crippen LogP contribution in [0.3, 0.4) is 0 Å². The number of rotatable bonds is 3. The van der Waals surface area contributed by atoms with Gasteiger partial charge in [-0.05, 0) is 30.7 Å². The van der Waals surface area contributed by atoms with E-state index in [9.17, 15) is 21.6 Å². The third-order valence-electron chi connectivity index (χ3n) is 2.65. The Balaban J connectivity index is 2.50. The maximum atomic E-state index is 13.7. The molecule has 20 heavy (non-hydrogen) atoms. The van der Waals surface area contributed by atoms with Gasteiger partial charge in [-0.15, -0.1) is 0 Å². The third-order valence-corrected chi connectivity index (χ3v) is 4.03. The van der Waals surface area contributed by atoms with Crippen LogP contribution in [-0.4, -0.2) is 8.42 Å². The quantitative estimate of drug-likeness (QED) is 0.946. The lowest BCUT2D eigenvalue weighted by atomic mass is 10.2. The molecule has 0 saturated carbocycles. The number of hydrogen-bond donors (Lipinski definition) is 1. The van der Waals surface area contributed by atoms with E-state index >= 15 is 0 Å². The highest BCUT2D eigenvalue weighted by atomic mass is 32.2. The Hall–Kier alpha value is -2.02. The van der Waals surface area contributed by atoms with E-state index in [4.69, 9.17) is 0 Å². The topological polar surface area (TPSA) is 46.2 Å². The Labute approximate surface area is 114 Å². The maximum Gasteiger partial charge on any atom is 0.264 e. The van der Waals surface area contributed by atoms with Crippen molar-refractivity contribution >= 4 is 15.7 Å². The summed E-state index contributed by atoms with van der Waals surface area (Å²) in [5.41, 5.74) is -0.758. The molecular weight excluding hydrogens is 291 g/mol. The van der Waals surface area contributed by atoms with Gasteiger partial charge >= 0.3 is 0 Å². The van der Waals surface area contributed by atoms with Gasteiger partial charge in [0, 0.05) is 0 Å². The summed E-state index contributed by atoms with van der Waals surface area (Å²) in [6.45, 7) is 1.36. The zero-order chi connectivity index (χ0) is 14.9. The van der Waals surface area contributed by atoms with E-state index in [1.54, 1.807) is 4.72 Å². The average molecular weight is 301 g/mol. The summed E-state index contributed by atoms with van der Waals surface area (Å²) in [4.78, 5) is -0.680. The lowest BCUT2D eigenvalue weighted by Gasteiger charge is -2.11. The molecule has 0 aliphatic rings. The lowest BCUT2D eigenvalue weighted by Crippen LogP contribution is -2.17. The van der Waals surface area contributed by atoms with Gasteiger partial charge < -0.3 is 0 Å². The number of sulfonamides is 1. The minimum atomic E-state index is -4.41. The third kappa shape index (κ3) is 2.62. The van der Waals surface area contributed by atoms with Crippen LogP contribution in [0.5, 0.6) is 0 Å². The molecule has 0 spiro atoms. The zero-order valence-electron chi connectivity index (χ0n) is 10.3. The van der Waals surface area contributed by atoms with Gasteiger partial charge in [0.1, 0.15) is 22.2 Å². The van der Waals surface area contributed by atoms with Gasteiger partial charge in [-0.1, -0.05) is 18.2 Å². The molecule has 0 aromatic heterocycles. The van der Waals surface area contributed by atoms with Crippen LogP contribution in [0.15, 0.2) is 41.3 Å². The first-order valence-corrected chi connectivity index (χ1v) is 7.03. The largest absolute Gasteiger partial charge is 0.274 e. The van der Waals surface area contributed by atoms with E-state index in [-0.39, 0.29) is 5.56 Å². The van der Waals surface area contributed by atoms with Gasteiger partial charge in [0.05, 0.1) is 0 Å². The number of halogens is 3. The van der Waals surface area contributed by atoms with Crippen LogP contribution < -0.4 is 4.72 Å².